The summed E-state index contributed by atoms with van der Waals surface area (Å²) in [7, 11) is -3.36. The van der Waals surface area contributed by atoms with Crippen LogP contribution in [0.1, 0.15) is 6.92 Å². The summed E-state index contributed by atoms with van der Waals surface area (Å²) >= 11 is 0. The standard InChI is InChI=1S/C11H15FN2O2S/c1-8(13)7-14-4-5-17(15,16)11-6-9(12)2-3-10(11)14/h2-3,6,8H,4-5,7,13H2,1H3. The van der Waals surface area contributed by atoms with Crippen molar-refractivity contribution in [1.29, 1.82) is 0 Å². The van der Waals surface area contributed by atoms with Crippen molar-refractivity contribution in [2.75, 3.05) is 23.7 Å². The molecule has 1 atom stereocenters. The van der Waals surface area contributed by atoms with Gasteiger partial charge in [-0.15, -0.1) is 0 Å². The van der Waals surface area contributed by atoms with Crippen molar-refractivity contribution in [2.45, 2.75) is 17.9 Å². The molecular formula is C11H15FN2O2S. The molecule has 1 aliphatic rings. The predicted molar refractivity (Wildman–Crippen MR) is 64.3 cm³/mol. The molecule has 94 valence electrons. The Labute approximate surface area is 100 Å². The van der Waals surface area contributed by atoms with Crippen LogP contribution in [0, 0.1) is 5.82 Å². The molecule has 0 aliphatic carbocycles. The molecule has 1 aromatic rings. The highest BCUT2D eigenvalue weighted by Gasteiger charge is 2.28. The van der Waals surface area contributed by atoms with Crippen LogP contribution in [0.4, 0.5) is 10.1 Å². The number of sulfone groups is 1. The Bertz CT molecular complexity index is 528. The Morgan fingerprint density at radius 2 is 2.24 bits per heavy atom. The molecule has 0 aromatic heterocycles. The van der Waals surface area contributed by atoms with E-state index in [-0.39, 0.29) is 16.7 Å². The first-order valence-electron chi connectivity index (χ1n) is 5.43. The fraction of sp³-hybridized carbons (Fsp3) is 0.455. The van der Waals surface area contributed by atoms with E-state index in [4.69, 9.17) is 5.73 Å². The molecule has 0 spiro atoms. The van der Waals surface area contributed by atoms with E-state index in [1.165, 1.54) is 12.1 Å². The van der Waals surface area contributed by atoms with Crippen molar-refractivity contribution >= 4 is 15.5 Å². The van der Waals surface area contributed by atoms with Crippen molar-refractivity contribution in [2.24, 2.45) is 5.73 Å². The number of nitrogens with zero attached hydrogens (tertiary/aromatic N) is 1. The predicted octanol–water partition coefficient (Wildman–Crippen LogP) is 0.767. The Hall–Kier alpha value is -1.14. The van der Waals surface area contributed by atoms with Crippen LogP contribution in [0.25, 0.3) is 0 Å². The second-order valence-corrected chi connectivity index (χ2v) is 6.43. The van der Waals surface area contributed by atoms with Gasteiger partial charge in [0.15, 0.2) is 9.84 Å². The van der Waals surface area contributed by atoms with Crippen molar-refractivity contribution in [3.05, 3.63) is 24.0 Å². The van der Waals surface area contributed by atoms with Crippen LogP contribution in [0.5, 0.6) is 0 Å². The van der Waals surface area contributed by atoms with Crippen molar-refractivity contribution in [3.8, 4) is 0 Å². The van der Waals surface area contributed by atoms with Gasteiger partial charge in [-0.2, -0.15) is 0 Å². The number of hydrogen-bond acceptors (Lipinski definition) is 4. The van der Waals surface area contributed by atoms with Crippen LogP contribution in [0.15, 0.2) is 23.1 Å². The fourth-order valence-electron chi connectivity index (χ4n) is 2.00. The third kappa shape index (κ3) is 2.42. The number of hydrogen-bond donors (Lipinski definition) is 1. The van der Waals surface area contributed by atoms with Gasteiger partial charge in [0.05, 0.1) is 16.3 Å². The molecular weight excluding hydrogens is 243 g/mol. The van der Waals surface area contributed by atoms with Crippen LogP contribution < -0.4 is 10.6 Å². The summed E-state index contributed by atoms with van der Waals surface area (Å²) in [6.07, 6.45) is 0. The van der Waals surface area contributed by atoms with Gasteiger partial charge >= 0.3 is 0 Å². The number of benzene rings is 1. The Balaban J connectivity index is 2.48. The van der Waals surface area contributed by atoms with Gasteiger partial charge in [0.25, 0.3) is 0 Å². The van der Waals surface area contributed by atoms with Gasteiger partial charge in [0, 0.05) is 19.1 Å². The van der Waals surface area contributed by atoms with E-state index < -0.39 is 15.7 Å². The summed E-state index contributed by atoms with van der Waals surface area (Å²) in [4.78, 5) is 1.96. The van der Waals surface area contributed by atoms with E-state index in [9.17, 15) is 12.8 Å². The molecule has 1 aromatic carbocycles. The summed E-state index contributed by atoms with van der Waals surface area (Å²) < 4.78 is 36.8. The second-order valence-electron chi connectivity index (χ2n) is 4.35. The van der Waals surface area contributed by atoms with E-state index in [0.717, 1.165) is 6.07 Å². The number of halogens is 1. The first-order chi connectivity index (χ1) is 7.90. The third-order valence-electron chi connectivity index (χ3n) is 2.74. The first kappa shape index (κ1) is 12.3. The average Bonchev–Trinajstić information content (AvgIpc) is 2.22. The maximum absolute atomic E-state index is 13.1. The van der Waals surface area contributed by atoms with E-state index in [1.807, 2.05) is 11.8 Å². The van der Waals surface area contributed by atoms with Crippen LogP contribution in [0.3, 0.4) is 0 Å². The Kier molecular flexibility index (Phi) is 3.09. The van der Waals surface area contributed by atoms with Crippen LogP contribution in [-0.4, -0.2) is 33.3 Å². The summed E-state index contributed by atoms with van der Waals surface area (Å²) in [5, 5.41) is 0. The number of anilines is 1. The normalized spacial score (nSPS) is 19.8. The van der Waals surface area contributed by atoms with E-state index >= 15 is 0 Å². The highest BCUT2D eigenvalue weighted by Crippen LogP contribution is 2.30. The molecule has 0 fully saturated rings. The molecule has 4 nitrogen and oxygen atoms in total. The van der Waals surface area contributed by atoms with Gasteiger partial charge in [-0.05, 0) is 25.1 Å². The van der Waals surface area contributed by atoms with Crippen LogP contribution in [0.2, 0.25) is 0 Å². The zero-order valence-corrected chi connectivity index (χ0v) is 10.4. The van der Waals surface area contributed by atoms with E-state index in [0.29, 0.717) is 18.8 Å². The quantitative estimate of drug-likeness (QED) is 0.851. The minimum Gasteiger partial charge on any atom is -0.368 e. The molecule has 0 saturated heterocycles. The molecule has 1 aliphatic heterocycles. The van der Waals surface area contributed by atoms with Crippen molar-refractivity contribution in [1.82, 2.24) is 0 Å². The molecule has 0 amide bonds. The maximum Gasteiger partial charge on any atom is 0.182 e. The Morgan fingerprint density at radius 1 is 1.53 bits per heavy atom. The molecule has 6 heteroatoms. The maximum atomic E-state index is 13.1. The van der Waals surface area contributed by atoms with Gasteiger partial charge in [0.2, 0.25) is 0 Å². The molecule has 0 radical (unpaired) electrons. The van der Waals surface area contributed by atoms with Gasteiger partial charge in [-0.1, -0.05) is 0 Å². The van der Waals surface area contributed by atoms with E-state index in [2.05, 4.69) is 0 Å². The van der Waals surface area contributed by atoms with Gasteiger partial charge in [-0.25, -0.2) is 12.8 Å². The molecule has 17 heavy (non-hydrogen) atoms. The first-order valence-corrected chi connectivity index (χ1v) is 7.08. The molecule has 2 N–H and O–H groups in total. The molecule has 1 unspecified atom stereocenters. The third-order valence-corrected chi connectivity index (χ3v) is 4.45. The summed E-state index contributed by atoms with van der Waals surface area (Å²) in [6, 6.07) is 3.80. The van der Waals surface area contributed by atoms with Crippen molar-refractivity contribution in [3.63, 3.8) is 0 Å². The lowest BCUT2D eigenvalue weighted by Gasteiger charge is -2.32. The summed E-state index contributed by atoms with van der Waals surface area (Å²) in [6.45, 7) is 2.82. The largest absolute Gasteiger partial charge is 0.368 e. The zero-order valence-electron chi connectivity index (χ0n) is 9.56. The lowest BCUT2D eigenvalue weighted by Crippen LogP contribution is -2.41. The van der Waals surface area contributed by atoms with Gasteiger partial charge < -0.3 is 10.6 Å². The Morgan fingerprint density at radius 3 is 2.88 bits per heavy atom. The van der Waals surface area contributed by atoms with Crippen molar-refractivity contribution < 1.29 is 12.8 Å². The smallest absolute Gasteiger partial charge is 0.182 e. The lowest BCUT2D eigenvalue weighted by atomic mass is 10.2. The lowest BCUT2D eigenvalue weighted by molar-refractivity contribution is 0.579. The molecule has 0 bridgehead atoms. The topological polar surface area (TPSA) is 63.4 Å². The molecule has 2 rings (SSSR count). The van der Waals surface area contributed by atoms with Gasteiger partial charge in [0.1, 0.15) is 5.82 Å². The molecule has 1 heterocycles. The van der Waals surface area contributed by atoms with E-state index in [1.54, 1.807) is 0 Å². The van der Waals surface area contributed by atoms with Crippen LogP contribution >= 0.6 is 0 Å². The zero-order chi connectivity index (χ0) is 12.6. The minimum atomic E-state index is -3.36. The summed E-state index contributed by atoms with van der Waals surface area (Å²) in [5.74, 6) is -0.522. The number of nitrogens with two attached hydrogens (primary N) is 1. The van der Waals surface area contributed by atoms with Crippen LogP contribution in [-0.2, 0) is 9.84 Å². The molecule has 0 saturated carbocycles. The highest BCUT2D eigenvalue weighted by atomic mass is 32.2. The number of fused-ring (bicyclic) bond motifs is 1. The fourth-order valence-corrected chi connectivity index (χ4v) is 3.48. The average molecular weight is 258 g/mol. The highest BCUT2D eigenvalue weighted by molar-refractivity contribution is 7.91. The second kappa shape index (κ2) is 4.27. The van der Waals surface area contributed by atoms with Gasteiger partial charge in [-0.3, -0.25) is 0 Å². The monoisotopic (exact) mass is 258 g/mol. The minimum absolute atomic E-state index is 0.0101. The number of rotatable bonds is 2. The SMILES string of the molecule is CC(N)CN1CCS(=O)(=O)c2cc(F)ccc21. The summed E-state index contributed by atoms with van der Waals surface area (Å²) in [5.41, 5.74) is 6.26.